The summed E-state index contributed by atoms with van der Waals surface area (Å²) in [4.78, 5) is 28.3. The number of nitrogens with zero attached hydrogens (tertiary/aromatic N) is 1. The summed E-state index contributed by atoms with van der Waals surface area (Å²) >= 11 is 0. The zero-order valence-electron chi connectivity index (χ0n) is 15.0. The molecule has 27 heavy (non-hydrogen) atoms. The van der Waals surface area contributed by atoms with Crippen LogP contribution in [0.3, 0.4) is 0 Å². The Morgan fingerprint density at radius 2 is 1.30 bits per heavy atom. The van der Waals surface area contributed by atoms with Gasteiger partial charge in [-0.15, -0.1) is 0 Å². The molecule has 2 saturated heterocycles. The molecule has 2 aromatic rings. The van der Waals surface area contributed by atoms with E-state index in [-0.39, 0.29) is 41.6 Å². The molecular weight excluding hydrogens is 338 g/mol. The third-order valence-corrected chi connectivity index (χ3v) is 6.95. The van der Waals surface area contributed by atoms with Crippen LogP contribution in [-0.4, -0.2) is 36.0 Å². The lowest BCUT2D eigenvalue weighted by Crippen LogP contribution is -2.41. The van der Waals surface area contributed by atoms with Crippen LogP contribution in [0.2, 0.25) is 0 Å². The molecule has 2 aromatic carbocycles. The second-order valence-electron chi connectivity index (χ2n) is 8.19. The number of carbonyl (C=O) groups excluding carboxylic acids is 2. The molecule has 7 rings (SSSR count). The molecule has 136 valence electrons. The highest BCUT2D eigenvalue weighted by Gasteiger charge is 2.61. The minimum absolute atomic E-state index is 0.000423. The molecule has 0 N–H and O–H groups in total. The smallest absolute Gasteiger partial charge is 0.234 e. The Balaban J connectivity index is 1.49. The van der Waals surface area contributed by atoms with Crippen LogP contribution in [0.25, 0.3) is 0 Å². The first-order valence-electron chi connectivity index (χ1n) is 9.90. The largest absolute Gasteiger partial charge is 0.376 e. The van der Waals surface area contributed by atoms with Crippen LogP contribution in [0, 0.1) is 11.8 Å². The van der Waals surface area contributed by atoms with Gasteiger partial charge in [0.15, 0.2) is 0 Å². The molecule has 3 aliphatic carbocycles. The Bertz CT molecular complexity index is 846. The molecule has 2 bridgehead atoms. The fraction of sp³-hybridized carbons (Fsp3) is 0.391. The summed E-state index contributed by atoms with van der Waals surface area (Å²) in [5, 5.41) is 0. The molecule has 0 spiro atoms. The number of hydrogen-bond donors (Lipinski definition) is 0. The Morgan fingerprint density at radius 3 is 1.70 bits per heavy atom. The van der Waals surface area contributed by atoms with Crippen molar-refractivity contribution < 1.29 is 14.3 Å². The molecule has 0 radical (unpaired) electrons. The topological polar surface area (TPSA) is 46.6 Å². The molecule has 4 heteroatoms. The number of amides is 2. The predicted octanol–water partition coefficient (Wildman–Crippen LogP) is 3.06. The maximum atomic E-state index is 13.4. The molecule has 2 amide bonds. The van der Waals surface area contributed by atoms with Crippen LogP contribution in [0.15, 0.2) is 48.5 Å². The van der Waals surface area contributed by atoms with E-state index in [0.29, 0.717) is 6.54 Å². The summed E-state index contributed by atoms with van der Waals surface area (Å²) < 4.78 is 5.71. The number of ether oxygens (including phenoxy) is 1. The lowest BCUT2D eigenvalue weighted by atomic mass is 9.55. The van der Waals surface area contributed by atoms with Gasteiger partial charge < -0.3 is 4.74 Å². The first kappa shape index (κ1) is 15.6. The zero-order chi connectivity index (χ0) is 18.1. The van der Waals surface area contributed by atoms with E-state index < -0.39 is 0 Å². The third-order valence-electron chi connectivity index (χ3n) is 6.95. The highest BCUT2D eigenvalue weighted by atomic mass is 16.5. The fourth-order valence-corrected chi connectivity index (χ4v) is 5.91. The molecule has 0 unspecified atom stereocenters. The lowest BCUT2D eigenvalue weighted by Gasteiger charge is -2.45. The minimum atomic E-state index is -0.270. The predicted molar refractivity (Wildman–Crippen MR) is 99.2 cm³/mol. The lowest BCUT2D eigenvalue weighted by molar-refractivity contribution is -0.141. The summed E-state index contributed by atoms with van der Waals surface area (Å²) in [6, 6.07) is 16.7. The second kappa shape index (κ2) is 5.52. The molecule has 2 fully saturated rings. The fourth-order valence-electron chi connectivity index (χ4n) is 5.91. The third kappa shape index (κ3) is 1.97. The molecule has 3 atom stereocenters. The van der Waals surface area contributed by atoms with E-state index in [1.807, 2.05) is 24.3 Å². The van der Waals surface area contributed by atoms with Crippen molar-refractivity contribution in [3.8, 4) is 0 Å². The number of imide groups is 1. The Hall–Kier alpha value is -2.46. The van der Waals surface area contributed by atoms with E-state index in [4.69, 9.17) is 4.74 Å². The maximum Gasteiger partial charge on any atom is 0.234 e. The van der Waals surface area contributed by atoms with Gasteiger partial charge >= 0.3 is 0 Å². The number of benzene rings is 2. The number of hydrogen-bond acceptors (Lipinski definition) is 3. The van der Waals surface area contributed by atoms with Crippen molar-refractivity contribution in [2.45, 2.75) is 30.8 Å². The van der Waals surface area contributed by atoms with E-state index >= 15 is 0 Å². The van der Waals surface area contributed by atoms with Gasteiger partial charge in [-0.3, -0.25) is 14.5 Å². The van der Waals surface area contributed by atoms with Crippen LogP contribution in [0.4, 0.5) is 0 Å². The average Bonchev–Trinajstić information content (AvgIpc) is 3.31. The van der Waals surface area contributed by atoms with E-state index in [2.05, 4.69) is 24.3 Å². The van der Waals surface area contributed by atoms with Gasteiger partial charge in [-0.05, 0) is 35.1 Å². The van der Waals surface area contributed by atoms with Crippen LogP contribution in [0.5, 0.6) is 0 Å². The van der Waals surface area contributed by atoms with Crippen LogP contribution >= 0.6 is 0 Å². The first-order valence-corrected chi connectivity index (χ1v) is 9.90. The molecular formula is C23H21NO3. The van der Waals surface area contributed by atoms with Gasteiger partial charge in [0.1, 0.15) is 0 Å². The van der Waals surface area contributed by atoms with Crippen molar-refractivity contribution in [3.63, 3.8) is 0 Å². The summed E-state index contributed by atoms with van der Waals surface area (Å²) in [5.41, 5.74) is 4.90. The van der Waals surface area contributed by atoms with Gasteiger partial charge in [-0.25, -0.2) is 0 Å². The van der Waals surface area contributed by atoms with Crippen molar-refractivity contribution in [1.82, 2.24) is 4.90 Å². The Kier molecular flexibility index (Phi) is 3.19. The highest BCUT2D eigenvalue weighted by Crippen LogP contribution is 2.60. The number of rotatable bonds is 2. The van der Waals surface area contributed by atoms with Crippen molar-refractivity contribution in [2.75, 3.05) is 13.2 Å². The standard InChI is InChI=1S/C23H21NO3/c25-22-20-18-14-7-1-2-8-15(14)19(17-10-4-3-9-16(17)18)21(20)23(26)24(22)12-13-6-5-11-27-13/h1-4,7-10,13,18-21H,5-6,11-12H2/t13-,18?,19?,20-,21-/m1/s1. The summed E-state index contributed by atoms with van der Waals surface area (Å²) in [6.07, 6.45) is 1.94. The monoisotopic (exact) mass is 359 g/mol. The highest BCUT2D eigenvalue weighted by molar-refractivity contribution is 6.07. The summed E-state index contributed by atoms with van der Waals surface area (Å²) in [5.74, 6) is -0.571. The summed E-state index contributed by atoms with van der Waals surface area (Å²) in [6.45, 7) is 1.15. The van der Waals surface area contributed by atoms with Crippen molar-refractivity contribution >= 4 is 11.8 Å². The minimum Gasteiger partial charge on any atom is -0.376 e. The molecule has 0 saturated carbocycles. The average molecular weight is 359 g/mol. The van der Waals surface area contributed by atoms with E-state index in [0.717, 1.165) is 19.4 Å². The van der Waals surface area contributed by atoms with Gasteiger partial charge in [-0.2, -0.15) is 0 Å². The summed E-state index contributed by atoms with van der Waals surface area (Å²) in [7, 11) is 0. The van der Waals surface area contributed by atoms with Crippen LogP contribution in [-0.2, 0) is 14.3 Å². The van der Waals surface area contributed by atoms with E-state index in [1.165, 1.54) is 27.2 Å². The molecule has 2 aliphatic heterocycles. The first-order chi connectivity index (χ1) is 13.3. The van der Waals surface area contributed by atoms with Crippen molar-refractivity contribution in [2.24, 2.45) is 11.8 Å². The van der Waals surface area contributed by atoms with Crippen LogP contribution in [0.1, 0.15) is 46.9 Å². The molecule has 5 aliphatic rings. The van der Waals surface area contributed by atoms with E-state index in [1.54, 1.807) is 0 Å². The van der Waals surface area contributed by atoms with Crippen molar-refractivity contribution in [1.29, 1.82) is 0 Å². The van der Waals surface area contributed by atoms with Gasteiger partial charge in [-0.1, -0.05) is 48.5 Å². The Labute approximate surface area is 158 Å². The van der Waals surface area contributed by atoms with Crippen LogP contribution < -0.4 is 0 Å². The normalized spacial score (nSPS) is 33.2. The zero-order valence-corrected chi connectivity index (χ0v) is 15.0. The van der Waals surface area contributed by atoms with Gasteiger partial charge in [0.25, 0.3) is 0 Å². The quantitative estimate of drug-likeness (QED) is 0.775. The maximum absolute atomic E-state index is 13.4. The number of carbonyl (C=O) groups is 2. The van der Waals surface area contributed by atoms with Gasteiger partial charge in [0.2, 0.25) is 11.8 Å². The number of likely N-dealkylation sites (tertiary alicyclic amines) is 1. The molecule has 2 heterocycles. The SMILES string of the molecule is O=C1[C@@H]2C3c4ccccc4C(c4ccccc43)[C@H]2C(=O)N1C[C@H]1CCCO1. The van der Waals surface area contributed by atoms with E-state index in [9.17, 15) is 9.59 Å². The van der Waals surface area contributed by atoms with Gasteiger partial charge in [0, 0.05) is 18.4 Å². The Morgan fingerprint density at radius 1 is 0.815 bits per heavy atom. The van der Waals surface area contributed by atoms with Gasteiger partial charge in [0.05, 0.1) is 24.5 Å². The van der Waals surface area contributed by atoms with Crippen molar-refractivity contribution in [3.05, 3.63) is 70.8 Å². The second-order valence-corrected chi connectivity index (χ2v) is 8.19. The molecule has 4 nitrogen and oxygen atoms in total. The molecule has 0 aromatic heterocycles.